The van der Waals surface area contributed by atoms with Crippen LogP contribution in [0, 0.1) is 0 Å². The number of rotatable bonds is 8. The lowest BCUT2D eigenvalue weighted by Crippen LogP contribution is -1.99. The van der Waals surface area contributed by atoms with Crippen molar-refractivity contribution in [3.05, 3.63) is 53.2 Å². The number of nitrogens with zero attached hydrogens (tertiary/aromatic N) is 1. The molecule has 0 saturated carbocycles. The van der Waals surface area contributed by atoms with Gasteiger partial charge in [-0.2, -0.15) is 0 Å². The van der Waals surface area contributed by atoms with Gasteiger partial charge in [-0.15, -0.1) is 0 Å². The highest BCUT2D eigenvalue weighted by Crippen LogP contribution is 2.14. The van der Waals surface area contributed by atoms with Crippen molar-refractivity contribution in [1.82, 2.24) is 4.98 Å². The summed E-state index contributed by atoms with van der Waals surface area (Å²) in [5.41, 5.74) is 1.37. The molecule has 0 atom stereocenters. The summed E-state index contributed by atoms with van der Waals surface area (Å²) in [7, 11) is 0. The molecule has 20 heavy (non-hydrogen) atoms. The second-order valence-corrected chi connectivity index (χ2v) is 5.17. The van der Waals surface area contributed by atoms with Gasteiger partial charge in [0.15, 0.2) is 0 Å². The van der Waals surface area contributed by atoms with Crippen LogP contribution in [-0.2, 0) is 6.42 Å². The van der Waals surface area contributed by atoms with E-state index >= 15 is 0 Å². The molecule has 0 N–H and O–H groups in total. The fraction of sp³-hybridized carbons (Fsp3) is 0.375. The summed E-state index contributed by atoms with van der Waals surface area (Å²) < 4.78 is 4.99. The molecule has 0 saturated heterocycles. The van der Waals surface area contributed by atoms with Gasteiger partial charge < -0.3 is 4.42 Å². The van der Waals surface area contributed by atoms with Crippen molar-refractivity contribution in [1.29, 1.82) is 0 Å². The van der Waals surface area contributed by atoms with Crippen molar-refractivity contribution in [3.8, 4) is 0 Å². The van der Waals surface area contributed by atoms with Gasteiger partial charge in [0.2, 0.25) is 11.0 Å². The fourth-order valence-corrected chi connectivity index (χ4v) is 2.23. The summed E-state index contributed by atoms with van der Waals surface area (Å²) >= 11 is 5.58. The first kappa shape index (κ1) is 14.8. The topological polar surface area (TPSA) is 43.1 Å². The number of Topliss-reactive ketones (excluding diaryl/α,β-unsaturated/α-hetero) is 1. The standard InChI is InChI=1S/C16H18ClNO2/c17-15-12-18-16(20-15)14(19)11-7-2-1-4-8-13-9-5-3-6-10-13/h3,5-6,9-10,12H,1-2,4,7-8,11H2. The first-order valence-corrected chi connectivity index (χ1v) is 7.32. The first-order valence-electron chi connectivity index (χ1n) is 6.94. The lowest BCUT2D eigenvalue weighted by atomic mass is 10.0. The minimum atomic E-state index is -0.0695. The summed E-state index contributed by atoms with van der Waals surface area (Å²) in [6, 6.07) is 10.5. The summed E-state index contributed by atoms with van der Waals surface area (Å²) in [6.07, 6.45) is 7.14. The Balaban J connectivity index is 1.57. The number of aryl methyl sites for hydroxylation is 1. The zero-order chi connectivity index (χ0) is 14.2. The third kappa shape index (κ3) is 4.82. The number of halogens is 1. The van der Waals surface area contributed by atoms with Gasteiger partial charge >= 0.3 is 0 Å². The highest BCUT2D eigenvalue weighted by atomic mass is 35.5. The van der Waals surface area contributed by atoms with E-state index in [0.29, 0.717) is 6.42 Å². The largest absolute Gasteiger partial charge is 0.422 e. The minimum Gasteiger partial charge on any atom is -0.422 e. The number of hydrogen-bond acceptors (Lipinski definition) is 3. The molecule has 1 aromatic carbocycles. The number of carbonyl (C=O) groups excluding carboxylic acids is 1. The molecule has 1 aromatic heterocycles. The van der Waals surface area contributed by atoms with Crippen molar-refractivity contribution in [2.45, 2.75) is 38.5 Å². The number of oxazole rings is 1. The van der Waals surface area contributed by atoms with Gasteiger partial charge in [-0.3, -0.25) is 4.79 Å². The van der Waals surface area contributed by atoms with Gasteiger partial charge in [-0.25, -0.2) is 4.98 Å². The van der Waals surface area contributed by atoms with Gasteiger partial charge in [-0.1, -0.05) is 43.2 Å². The van der Waals surface area contributed by atoms with E-state index in [0.717, 1.165) is 32.1 Å². The highest BCUT2D eigenvalue weighted by Gasteiger charge is 2.11. The van der Waals surface area contributed by atoms with Crippen molar-refractivity contribution in [2.75, 3.05) is 0 Å². The normalized spacial score (nSPS) is 10.7. The SMILES string of the molecule is O=C(CCCCCCc1ccccc1)c1ncc(Cl)o1. The maximum absolute atomic E-state index is 11.7. The smallest absolute Gasteiger partial charge is 0.264 e. The van der Waals surface area contributed by atoms with Crippen LogP contribution in [0.4, 0.5) is 0 Å². The number of aromatic nitrogens is 1. The van der Waals surface area contributed by atoms with Crippen molar-refractivity contribution < 1.29 is 9.21 Å². The number of carbonyl (C=O) groups is 1. The molecule has 3 nitrogen and oxygen atoms in total. The number of unbranched alkanes of at least 4 members (excludes halogenated alkanes) is 3. The Kier molecular flexibility index (Phi) is 5.81. The number of benzene rings is 1. The quantitative estimate of drug-likeness (QED) is 0.523. The Morgan fingerprint density at radius 1 is 1.10 bits per heavy atom. The van der Waals surface area contributed by atoms with Crippen molar-refractivity contribution in [3.63, 3.8) is 0 Å². The molecule has 2 rings (SSSR count). The number of ketones is 1. The predicted octanol–water partition coefficient (Wildman–Crippen LogP) is 4.70. The zero-order valence-electron chi connectivity index (χ0n) is 11.3. The van der Waals surface area contributed by atoms with E-state index < -0.39 is 0 Å². The third-order valence-corrected chi connectivity index (χ3v) is 3.35. The second-order valence-electron chi connectivity index (χ2n) is 4.79. The number of hydrogen-bond donors (Lipinski definition) is 0. The minimum absolute atomic E-state index is 0.0695. The Labute approximate surface area is 124 Å². The van der Waals surface area contributed by atoms with Crippen molar-refractivity contribution in [2.24, 2.45) is 0 Å². The average Bonchev–Trinajstić information content (AvgIpc) is 2.90. The van der Waals surface area contributed by atoms with Crippen LogP contribution in [0.2, 0.25) is 5.22 Å². The zero-order valence-corrected chi connectivity index (χ0v) is 12.1. The molecule has 0 aliphatic heterocycles. The molecule has 1 heterocycles. The molecule has 0 aliphatic carbocycles. The lowest BCUT2D eigenvalue weighted by molar-refractivity contribution is 0.0945. The average molecular weight is 292 g/mol. The van der Waals surface area contributed by atoms with Crippen LogP contribution in [0.1, 0.15) is 48.4 Å². The lowest BCUT2D eigenvalue weighted by Gasteiger charge is -2.01. The Morgan fingerprint density at radius 3 is 2.55 bits per heavy atom. The van der Waals surface area contributed by atoms with Crippen LogP contribution in [0.15, 0.2) is 40.9 Å². The van der Waals surface area contributed by atoms with Gasteiger partial charge in [0.25, 0.3) is 5.89 Å². The van der Waals surface area contributed by atoms with Gasteiger partial charge in [0.05, 0.1) is 6.20 Å². The Morgan fingerprint density at radius 2 is 1.85 bits per heavy atom. The highest BCUT2D eigenvalue weighted by molar-refractivity contribution is 6.28. The van der Waals surface area contributed by atoms with E-state index in [1.165, 1.54) is 11.8 Å². The molecule has 0 amide bonds. The molecular weight excluding hydrogens is 274 g/mol. The molecule has 0 bridgehead atoms. The Hall–Kier alpha value is -1.61. The molecule has 4 heteroatoms. The Bertz CT molecular complexity index is 536. The van der Waals surface area contributed by atoms with E-state index in [-0.39, 0.29) is 16.9 Å². The molecule has 0 unspecified atom stereocenters. The summed E-state index contributed by atoms with van der Waals surface area (Å²) in [5.74, 6) is 0.0549. The maximum atomic E-state index is 11.7. The van der Waals surface area contributed by atoms with E-state index in [9.17, 15) is 4.79 Å². The van der Waals surface area contributed by atoms with E-state index in [1.54, 1.807) is 0 Å². The maximum Gasteiger partial charge on any atom is 0.264 e. The van der Waals surface area contributed by atoms with Gasteiger partial charge in [0, 0.05) is 6.42 Å². The molecule has 2 aromatic rings. The van der Waals surface area contributed by atoms with E-state index in [4.69, 9.17) is 16.0 Å². The predicted molar refractivity (Wildman–Crippen MR) is 79.1 cm³/mol. The van der Waals surface area contributed by atoms with E-state index in [2.05, 4.69) is 29.2 Å². The fourth-order valence-electron chi connectivity index (χ4n) is 2.10. The monoisotopic (exact) mass is 291 g/mol. The van der Waals surface area contributed by atoms with Crippen LogP contribution in [0.25, 0.3) is 0 Å². The van der Waals surface area contributed by atoms with Gasteiger partial charge in [0.1, 0.15) is 0 Å². The van der Waals surface area contributed by atoms with Crippen LogP contribution < -0.4 is 0 Å². The molecule has 0 aliphatic rings. The van der Waals surface area contributed by atoms with E-state index in [1.807, 2.05) is 6.07 Å². The van der Waals surface area contributed by atoms with Crippen LogP contribution in [-0.4, -0.2) is 10.8 Å². The summed E-state index contributed by atoms with van der Waals surface area (Å²) in [6.45, 7) is 0. The summed E-state index contributed by atoms with van der Waals surface area (Å²) in [4.78, 5) is 15.5. The molecular formula is C16H18ClNO2. The summed E-state index contributed by atoms with van der Waals surface area (Å²) in [5, 5.41) is 0.163. The van der Waals surface area contributed by atoms with Gasteiger partial charge in [-0.05, 0) is 36.4 Å². The van der Waals surface area contributed by atoms with Crippen LogP contribution in [0.3, 0.4) is 0 Å². The molecule has 0 spiro atoms. The molecule has 0 fully saturated rings. The van der Waals surface area contributed by atoms with Crippen LogP contribution in [0.5, 0.6) is 0 Å². The second kappa shape index (κ2) is 7.85. The third-order valence-electron chi connectivity index (χ3n) is 3.18. The first-order chi connectivity index (χ1) is 9.75. The van der Waals surface area contributed by atoms with Crippen LogP contribution >= 0.6 is 11.6 Å². The molecule has 106 valence electrons. The molecule has 0 radical (unpaired) electrons. The van der Waals surface area contributed by atoms with Crippen molar-refractivity contribution >= 4 is 17.4 Å².